The minimum Gasteiger partial charge on any atom is -0.477 e. The van der Waals surface area contributed by atoms with Crippen LogP contribution >= 0.6 is 11.8 Å². The summed E-state index contributed by atoms with van der Waals surface area (Å²) in [6, 6.07) is 5.02. The van der Waals surface area contributed by atoms with E-state index in [0.717, 1.165) is 5.57 Å². The number of amides is 1. The molecule has 3 rings (SSSR count). The lowest BCUT2D eigenvalue weighted by Crippen LogP contribution is -2.76. The van der Waals surface area contributed by atoms with Crippen LogP contribution in [0.2, 0.25) is 0 Å². The van der Waals surface area contributed by atoms with Gasteiger partial charge in [-0.2, -0.15) is 0 Å². The number of carboxylic acids is 1. The average molecular weight is 306 g/mol. The highest BCUT2D eigenvalue weighted by molar-refractivity contribution is 8.01. The van der Waals surface area contributed by atoms with Gasteiger partial charge in [-0.15, -0.1) is 11.8 Å². The normalized spacial score (nSPS) is 28.2. The van der Waals surface area contributed by atoms with Crippen molar-refractivity contribution in [2.75, 3.05) is 5.75 Å². The summed E-state index contributed by atoms with van der Waals surface area (Å²) in [6.07, 6.45) is 3.74. The molecule has 1 aromatic rings. The number of nitrogens with zero attached hydrogens (tertiary/aromatic N) is 2. The average Bonchev–Trinajstić information content (AvgIpc) is 2.48. The van der Waals surface area contributed by atoms with Gasteiger partial charge < -0.3 is 10.8 Å². The van der Waals surface area contributed by atoms with Crippen molar-refractivity contribution >= 4 is 23.6 Å². The Morgan fingerprint density at radius 1 is 1.52 bits per heavy atom. The number of carbonyl (C=O) groups is 2. The number of aliphatic carboxylic acids is 1. The molecule has 2 aliphatic heterocycles. The first-order valence-corrected chi connectivity index (χ1v) is 7.56. The van der Waals surface area contributed by atoms with E-state index in [2.05, 4.69) is 0 Å². The fourth-order valence-corrected chi connectivity index (χ4v) is 4.02. The van der Waals surface area contributed by atoms with Crippen LogP contribution in [0.5, 0.6) is 0 Å². The van der Waals surface area contributed by atoms with Crippen LogP contribution in [-0.2, 0) is 16.1 Å². The summed E-state index contributed by atoms with van der Waals surface area (Å²) in [6.45, 7) is 2.27. The standard InChI is InChI=1S/C14H15N3O3S/c1-14-11(15)12(18)17(14)10(13(19)20)9(8-21-14)7-16-5-3-2-4-6-16/h2-6,11H,7-8,15H2,1H3/p+1/t11-,14-/m1/s1. The summed E-state index contributed by atoms with van der Waals surface area (Å²) in [5.41, 5.74) is 6.64. The van der Waals surface area contributed by atoms with Crippen molar-refractivity contribution in [1.29, 1.82) is 0 Å². The van der Waals surface area contributed by atoms with Crippen molar-refractivity contribution in [3.05, 3.63) is 41.9 Å². The number of thioether (sulfide) groups is 1. The summed E-state index contributed by atoms with van der Waals surface area (Å²) < 4.78 is 1.89. The molecule has 0 unspecified atom stereocenters. The van der Waals surface area contributed by atoms with E-state index in [9.17, 15) is 14.7 Å². The Morgan fingerprint density at radius 2 is 2.19 bits per heavy atom. The lowest BCUT2D eigenvalue weighted by molar-refractivity contribution is -0.689. The highest BCUT2D eigenvalue weighted by Gasteiger charge is 2.60. The molecule has 1 amide bonds. The molecule has 0 aromatic carbocycles. The number of carboxylic acid groups (broad SMARTS) is 1. The molecular formula is C14H16N3O3S+. The Hall–Kier alpha value is -1.86. The first kappa shape index (κ1) is 14.1. The van der Waals surface area contributed by atoms with E-state index in [4.69, 9.17) is 5.73 Å². The Morgan fingerprint density at radius 3 is 2.81 bits per heavy atom. The maximum atomic E-state index is 12.0. The lowest BCUT2D eigenvalue weighted by Gasteiger charge is -2.55. The second-order valence-corrected chi connectivity index (χ2v) is 6.70. The van der Waals surface area contributed by atoms with Crippen molar-refractivity contribution < 1.29 is 19.3 Å². The molecule has 3 N–H and O–H groups in total. The van der Waals surface area contributed by atoms with E-state index in [0.29, 0.717) is 12.3 Å². The van der Waals surface area contributed by atoms with Crippen LogP contribution in [0.1, 0.15) is 6.92 Å². The van der Waals surface area contributed by atoms with Gasteiger partial charge in [0.2, 0.25) is 5.91 Å². The van der Waals surface area contributed by atoms with Gasteiger partial charge in [-0.05, 0) is 6.92 Å². The van der Waals surface area contributed by atoms with Gasteiger partial charge in [-0.25, -0.2) is 9.36 Å². The number of rotatable bonds is 3. The van der Waals surface area contributed by atoms with Crippen LogP contribution in [0.4, 0.5) is 0 Å². The third-order valence-corrected chi connectivity index (χ3v) is 5.47. The maximum Gasteiger partial charge on any atom is 0.352 e. The third kappa shape index (κ3) is 2.04. The molecule has 0 bridgehead atoms. The van der Waals surface area contributed by atoms with E-state index in [1.807, 2.05) is 42.1 Å². The van der Waals surface area contributed by atoms with Crippen LogP contribution in [0.15, 0.2) is 41.9 Å². The highest BCUT2D eigenvalue weighted by atomic mass is 32.2. The summed E-state index contributed by atoms with van der Waals surface area (Å²) in [4.78, 5) is 24.3. The predicted molar refractivity (Wildman–Crippen MR) is 77.0 cm³/mol. The van der Waals surface area contributed by atoms with Gasteiger partial charge in [0, 0.05) is 23.5 Å². The van der Waals surface area contributed by atoms with Crippen molar-refractivity contribution in [3.8, 4) is 0 Å². The van der Waals surface area contributed by atoms with Crippen molar-refractivity contribution in [2.45, 2.75) is 24.4 Å². The molecule has 21 heavy (non-hydrogen) atoms. The maximum absolute atomic E-state index is 12.0. The molecule has 1 aromatic heterocycles. The Bertz CT molecular complexity index is 646. The molecule has 7 heteroatoms. The van der Waals surface area contributed by atoms with Crippen LogP contribution in [0.3, 0.4) is 0 Å². The summed E-state index contributed by atoms with van der Waals surface area (Å²) in [7, 11) is 0. The van der Waals surface area contributed by atoms with Gasteiger partial charge in [0.1, 0.15) is 16.6 Å². The number of carbonyl (C=O) groups excluding carboxylic acids is 1. The second-order valence-electron chi connectivity index (χ2n) is 5.30. The molecule has 0 aliphatic carbocycles. The van der Waals surface area contributed by atoms with Crippen molar-refractivity contribution in [3.63, 3.8) is 0 Å². The van der Waals surface area contributed by atoms with E-state index in [1.54, 1.807) is 0 Å². The Balaban J connectivity index is 1.99. The SMILES string of the molecule is C[C@]12SCC(C[n+]3ccccc3)=C(C(=O)O)N1C(=O)[C@H]2N. The minimum atomic E-state index is -1.08. The van der Waals surface area contributed by atoms with Crippen LogP contribution in [0, 0.1) is 0 Å². The van der Waals surface area contributed by atoms with Gasteiger partial charge >= 0.3 is 5.97 Å². The van der Waals surface area contributed by atoms with E-state index >= 15 is 0 Å². The molecular weight excluding hydrogens is 290 g/mol. The molecule has 0 radical (unpaired) electrons. The minimum absolute atomic E-state index is 0.0827. The number of nitrogens with two attached hydrogens (primary N) is 1. The molecule has 110 valence electrons. The van der Waals surface area contributed by atoms with Crippen LogP contribution < -0.4 is 10.3 Å². The number of β-lactam (4-membered cyclic amide) rings is 1. The largest absolute Gasteiger partial charge is 0.477 e. The topological polar surface area (TPSA) is 87.5 Å². The Labute approximate surface area is 126 Å². The molecule has 1 saturated heterocycles. The van der Waals surface area contributed by atoms with E-state index in [-0.39, 0.29) is 11.6 Å². The van der Waals surface area contributed by atoms with Crippen LogP contribution in [0.25, 0.3) is 0 Å². The third-order valence-electron chi connectivity index (χ3n) is 3.96. The Kier molecular flexibility index (Phi) is 3.26. The first-order chi connectivity index (χ1) is 9.95. The molecule has 6 nitrogen and oxygen atoms in total. The second kappa shape index (κ2) is 4.85. The quantitative estimate of drug-likeness (QED) is 0.604. The molecule has 2 atom stereocenters. The monoisotopic (exact) mass is 306 g/mol. The van der Waals surface area contributed by atoms with Gasteiger partial charge in [-0.1, -0.05) is 6.07 Å². The number of pyridine rings is 1. The van der Waals surface area contributed by atoms with Crippen molar-refractivity contribution in [2.24, 2.45) is 5.73 Å². The van der Waals surface area contributed by atoms with Crippen LogP contribution in [-0.4, -0.2) is 38.5 Å². The zero-order chi connectivity index (χ0) is 15.2. The molecule has 2 aliphatic rings. The lowest BCUT2D eigenvalue weighted by atomic mass is 9.93. The van der Waals surface area contributed by atoms with Gasteiger partial charge in [-0.3, -0.25) is 9.69 Å². The number of hydrogen-bond donors (Lipinski definition) is 2. The fraction of sp³-hybridized carbons (Fsp3) is 0.357. The van der Waals surface area contributed by atoms with E-state index in [1.165, 1.54) is 16.7 Å². The molecule has 3 heterocycles. The predicted octanol–water partition coefficient (Wildman–Crippen LogP) is -0.0547. The summed E-state index contributed by atoms with van der Waals surface area (Å²) >= 11 is 1.52. The number of fused-ring (bicyclic) bond motifs is 1. The highest BCUT2D eigenvalue weighted by Crippen LogP contribution is 2.48. The summed E-state index contributed by atoms with van der Waals surface area (Å²) in [5.74, 6) is -0.844. The molecule has 1 fully saturated rings. The molecule has 0 saturated carbocycles. The number of hydrogen-bond acceptors (Lipinski definition) is 4. The smallest absolute Gasteiger partial charge is 0.352 e. The van der Waals surface area contributed by atoms with Gasteiger partial charge in [0.05, 0.1) is 0 Å². The van der Waals surface area contributed by atoms with Gasteiger partial charge in [0.15, 0.2) is 18.9 Å². The zero-order valence-electron chi connectivity index (χ0n) is 11.5. The zero-order valence-corrected chi connectivity index (χ0v) is 12.3. The first-order valence-electron chi connectivity index (χ1n) is 6.58. The van der Waals surface area contributed by atoms with Gasteiger partial charge in [0.25, 0.3) is 0 Å². The number of aromatic nitrogens is 1. The molecule has 0 spiro atoms. The van der Waals surface area contributed by atoms with E-state index < -0.39 is 16.9 Å². The van der Waals surface area contributed by atoms with Crippen molar-refractivity contribution in [1.82, 2.24) is 4.90 Å². The fourth-order valence-electron chi connectivity index (χ4n) is 2.73. The summed E-state index contributed by atoms with van der Waals surface area (Å²) in [5, 5.41) is 9.52.